The number of carbonyl (C=O) groups excluding carboxylic acids is 2. The highest BCUT2D eigenvalue weighted by atomic mass is 32.2. The number of thioether (sulfide) groups is 1. The summed E-state index contributed by atoms with van der Waals surface area (Å²) < 4.78 is 0. The number of rotatable bonds is 2. The van der Waals surface area contributed by atoms with Crippen LogP contribution in [0.2, 0.25) is 0 Å². The minimum atomic E-state index is -0.537. The molecule has 24 heavy (non-hydrogen) atoms. The smallest absolute Gasteiger partial charge is 0.232 e. The van der Waals surface area contributed by atoms with Crippen LogP contribution in [0.4, 0.5) is 0 Å². The Hall–Kier alpha value is -1.70. The zero-order valence-electron chi connectivity index (χ0n) is 13.2. The van der Waals surface area contributed by atoms with Gasteiger partial charge in [-0.05, 0) is 36.8 Å². The fourth-order valence-electron chi connectivity index (χ4n) is 3.49. The Kier molecular flexibility index (Phi) is 3.74. The second kappa shape index (κ2) is 5.68. The lowest BCUT2D eigenvalue weighted by Gasteiger charge is -2.22. The van der Waals surface area contributed by atoms with Gasteiger partial charge < -0.3 is 11.5 Å². The van der Waals surface area contributed by atoms with Crippen LogP contribution in [0.1, 0.15) is 46.1 Å². The summed E-state index contributed by atoms with van der Waals surface area (Å²) in [6.07, 6.45) is 2.13. The van der Waals surface area contributed by atoms with Crippen LogP contribution in [0.15, 0.2) is 16.5 Å². The maximum Gasteiger partial charge on any atom is 0.232 e. The fourth-order valence-corrected chi connectivity index (χ4v) is 5.65. The van der Waals surface area contributed by atoms with Crippen molar-refractivity contribution in [2.24, 2.45) is 11.5 Å². The summed E-state index contributed by atoms with van der Waals surface area (Å²) in [5, 5.41) is 2.23. The Morgan fingerprint density at radius 3 is 2.79 bits per heavy atom. The number of pyridine rings is 1. The second-order valence-corrected chi connectivity index (χ2v) is 8.25. The molecule has 1 amide bonds. The van der Waals surface area contributed by atoms with Gasteiger partial charge in [0.05, 0.1) is 11.7 Å². The number of aromatic nitrogens is 1. The monoisotopic (exact) mass is 359 g/mol. The number of fused-ring (bicyclic) bond motifs is 2. The van der Waals surface area contributed by atoms with E-state index in [0.717, 1.165) is 45.1 Å². The van der Waals surface area contributed by atoms with E-state index in [1.807, 2.05) is 18.4 Å². The lowest BCUT2D eigenvalue weighted by atomic mass is 9.85. The number of hydrogen-bond donors (Lipinski definition) is 2. The average Bonchev–Trinajstić information content (AvgIpc) is 3.10. The summed E-state index contributed by atoms with van der Waals surface area (Å²) in [6, 6.07) is 1.50. The van der Waals surface area contributed by atoms with Gasteiger partial charge in [0.15, 0.2) is 5.78 Å². The summed E-state index contributed by atoms with van der Waals surface area (Å²) in [5.41, 5.74) is 16.2. The van der Waals surface area contributed by atoms with Crippen molar-refractivity contribution in [2.75, 3.05) is 0 Å². The third kappa shape index (κ3) is 2.22. The molecule has 0 fully saturated rings. The highest BCUT2D eigenvalue weighted by molar-refractivity contribution is 8.01. The molecular formula is C17H17N3O2S2. The number of Topliss-reactive ketones (excluding diaryl/α,β-unsaturated/α-hetero) is 1. The van der Waals surface area contributed by atoms with Crippen LogP contribution >= 0.6 is 23.1 Å². The number of nitrogens with two attached hydrogens (primary N) is 2. The number of amides is 1. The van der Waals surface area contributed by atoms with Crippen LogP contribution in [0.5, 0.6) is 0 Å². The average molecular weight is 359 g/mol. The Bertz CT molecular complexity index is 875. The van der Waals surface area contributed by atoms with E-state index in [9.17, 15) is 9.59 Å². The van der Waals surface area contributed by atoms with Crippen molar-refractivity contribution in [1.29, 1.82) is 0 Å². The Labute approximate surface area is 147 Å². The van der Waals surface area contributed by atoms with Gasteiger partial charge in [0.25, 0.3) is 0 Å². The van der Waals surface area contributed by atoms with E-state index in [1.165, 1.54) is 11.8 Å². The summed E-state index contributed by atoms with van der Waals surface area (Å²) in [5.74, 6) is -0.322. The van der Waals surface area contributed by atoms with Gasteiger partial charge in [0.1, 0.15) is 10.3 Å². The minimum absolute atomic E-state index is 0.120. The van der Waals surface area contributed by atoms with Crippen LogP contribution < -0.4 is 11.5 Å². The van der Waals surface area contributed by atoms with E-state index in [1.54, 1.807) is 11.3 Å². The van der Waals surface area contributed by atoms with Crippen molar-refractivity contribution in [1.82, 2.24) is 4.98 Å². The molecule has 4 rings (SSSR count). The van der Waals surface area contributed by atoms with Crippen LogP contribution in [0.3, 0.4) is 0 Å². The van der Waals surface area contributed by atoms with Gasteiger partial charge >= 0.3 is 0 Å². The van der Waals surface area contributed by atoms with E-state index in [2.05, 4.69) is 4.98 Å². The molecule has 7 heteroatoms. The molecule has 5 nitrogen and oxygen atoms in total. The van der Waals surface area contributed by atoms with E-state index in [0.29, 0.717) is 12.0 Å². The first-order valence-electron chi connectivity index (χ1n) is 7.85. The SMILES string of the molecule is Cc1ccsc1-c1c2c(nc3c1C(N)C(C(N)=O)S3)CCCC2=O. The number of nitrogens with zero attached hydrogens (tertiary/aromatic N) is 1. The zero-order valence-corrected chi connectivity index (χ0v) is 14.8. The number of primary amides is 1. The maximum absolute atomic E-state index is 12.7. The lowest BCUT2D eigenvalue weighted by molar-refractivity contribution is -0.117. The second-order valence-electron chi connectivity index (χ2n) is 6.20. The first-order valence-corrected chi connectivity index (χ1v) is 9.61. The first-order chi connectivity index (χ1) is 11.5. The number of aryl methyl sites for hydroxylation is 2. The van der Waals surface area contributed by atoms with Gasteiger partial charge in [0.2, 0.25) is 5.91 Å². The zero-order chi connectivity index (χ0) is 17.0. The normalized spacial score (nSPS) is 22.3. The predicted molar refractivity (Wildman–Crippen MR) is 95.3 cm³/mol. The summed E-state index contributed by atoms with van der Waals surface area (Å²) >= 11 is 2.92. The van der Waals surface area contributed by atoms with Crippen LogP contribution in [-0.2, 0) is 11.2 Å². The number of hydrogen-bond acceptors (Lipinski definition) is 6. The minimum Gasteiger partial charge on any atom is -0.369 e. The molecule has 0 spiro atoms. The fraction of sp³-hybridized carbons (Fsp3) is 0.353. The highest BCUT2D eigenvalue weighted by Crippen LogP contribution is 2.50. The third-order valence-electron chi connectivity index (χ3n) is 4.64. The molecule has 0 saturated heterocycles. The topological polar surface area (TPSA) is 99.1 Å². The van der Waals surface area contributed by atoms with Gasteiger partial charge in [-0.1, -0.05) is 11.8 Å². The van der Waals surface area contributed by atoms with Crippen LogP contribution in [-0.4, -0.2) is 21.9 Å². The quantitative estimate of drug-likeness (QED) is 0.858. The molecule has 1 aliphatic heterocycles. The third-order valence-corrected chi connectivity index (χ3v) is 6.99. The number of carbonyl (C=O) groups is 2. The van der Waals surface area contributed by atoms with Gasteiger partial charge in [0, 0.05) is 28.0 Å². The van der Waals surface area contributed by atoms with Gasteiger partial charge in [-0.2, -0.15) is 0 Å². The molecule has 2 aliphatic rings. The molecular weight excluding hydrogens is 342 g/mol. The van der Waals surface area contributed by atoms with E-state index >= 15 is 0 Å². The van der Waals surface area contributed by atoms with E-state index < -0.39 is 17.2 Å². The summed E-state index contributed by atoms with van der Waals surface area (Å²) in [6.45, 7) is 2.03. The maximum atomic E-state index is 12.7. The van der Waals surface area contributed by atoms with Gasteiger partial charge in [-0.3, -0.25) is 9.59 Å². The molecule has 0 aromatic carbocycles. The lowest BCUT2D eigenvalue weighted by Crippen LogP contribution is -2.33. The summed E-state index contributed by atoms with van der Waals surface area (Å²) in [7, 11) is 0. The standard InChI is InChI=1S/C17H17N3O2S2/c1-7-5-6-23-14(7)11-10-8(3-2-4-9(10)21)20-17-12(11)13(18)15(24-17)16(19)22/h5-6,13,15H,2-4,18H2,1H3,(H2,19,22). The summed E-state index contributed by atoms with van der Waals surface area (Å²) in [4.78, 5) is 30.1. The molecule has 2 aromatic rings. The largest absolute Gasteiger partial charge is 0.369 e. The number of thiophene rings is 1. The molecule has 4 N–H and O–H groups in total. The van der Waals surface area contributed by atoms with Crippen molar-refractivity contribution in [3.05, 3.63) is 33.8 Å². The van der Waals surface area contributed by atoms with Crippen molar-refractivity contribution in [3.8, 4) is 10.4 Å². The van der Waals surface area contributed by atoms with Crippen LogP contribution in [0.25, 0.3) is 10.4 Å². The van der Waals surface area contributed by atoms with Gasteiger partial charge in [-0.25, -0.2) is 4.98 Å². The molecule has 3 heterocycles. The Morgan fingerprint density at radius 1 is 1.33 bits per heavy atom. The van der Waals surface area contributed by atoms with Crippen molar-refractivity contribution in [2.45, 2.75) is 42.5 Å². The van der Waals surface area contributed by atoms with Gasteiger partial charge in [-0.15, -0.1) is 11.3 Å². The Morgan fingerprint density at radius 2 is 2.12 bits per heavy atom. The molecule has 2 atom stereocenters. The Balaban J connectivity index is 2.04. The predicted octanol–water partition coefficient (Wildman–Crippen LogP) is 2.60. The molecule has 2 aromatic heterocycles. The van der Waals surface area contributed by atoms with E-state index in [4.69, 9.17) is 11.5 Å². The van der Waals surface area contributed by atoms with Crippen LogP contribution in [0, 0.1) is 6.92 Å². The molecule has 2 unspecified atom stereocenters. The molecule has 0 radical (unpaired) electrons. The van der Waals surface area contributed by atoms with Crippen molar-refractivity contribution >= 4 is 34.8 Å². The highest BCUT2D eigenvalue weighted by Gasteiger charge is 2.41. The molecule has 0 saturated carbocycles. The van der Waals surface area contributed by atoms with E-state index in [-0.39, 0.29) is 5.78 Å². The molecule has 124 valence electrons. The molecule has 0 bridgehead atoms. The first kappa shape index (κ1) is 15.8. The molecule has 1 aliphatic carbocycles. The van der Waals surface area contributed by atoms with Crippen molar-refractivity contribution < 1.29 is 9.59 Å². The number of ketones is 1. The van der Waals surface area contributed by atoms with Crippen molar-refractivity contribution in [3.63, 3.8) is 0 Å².